The molecule has 0 heterocycles. The molecular weight excluding hydrogens is 408 g/mol. The van der Waals surface area contributed by atoms with Crippen molar-refractivity contribution >= 4 is 5.97 Å². The molecule has 0 aromatic carbocycles. The fraction of sp³-hybridized carbons (Fsp3) is 0.833. The van der Waals surface area contributed by atoms with Crippen molar-refractivity contribution in [1.29, 1.82) is 0 Å². The lowest BCUT2D eigenvalue weighted by atomic mass is 9.34. The largest absolute Gasteiger partial charge is 0.481 e. The minimum Gasteiger partial charge on any atom is -0.481 e. The lowest BCUT2D eigenvalue weighted by Gasteiger charge is -2.70. The van der Waals surface area contributed by atoms with Crippen molar-refractivity contribution in [1.82, 2.24) is 0 Å². The third-order valence-corrected chi connectivity index (χ3v) is 12.8. The van der Waals surface area contributed by atoms with Gasteiger partial charge in [-0.2, -0.15) is 0 Å². The second kappa shape index (κ2) is 6.99. The van der Waals surface area contributed by atoms with Crippen molar-refractivity contribution in [3.63, 3.8) is 0 Å². The molecule has 0 aromatic heterocycles. The summed E-state index contributed by atoms with van der Waals surface area (Å²) >= 11 is 0. The Morgan fingerprint density at radius 2 is 1.64 bits per heavy atom. The van der Waals surface area contributed by atoms with Crippen LogP contribution >= 0.6 is 0 Å². The van der Waals surface area contributed by atoms with E-state index in [-0.39, 0.29) is 27.8 Å². The Bertz CT molecular complexity index is 942. The topological polar surface area (TPSA) is 57.5 Å². The van der Waals surface area contributed by atoms with E-state index in [4.69, 9.17) is 0 Å². The molecule has 3 saturated carbocycles. The third-order valence-electron chi connectivity index (χ3n) is 12.8. The number of aliphatic carboxylic acids is 1. The number of fused-ring (bicyclic) bond motifs is 7. The highest BCUT2D eigenvalue weighted by Crippen LogP contribution is 2.75. The number of aliphatic hydroxyl groups excluding tert-OH is 1. The summed E-state index contributed by atoms with van der Waals surface area (Å²) in [5.74, 6) is 0.999. The monoisotopic (exact) mass is 454 g/mol. The van der Waals surface area contributed by atoms with Crippen LogP contribution in [0.4, 0.5) is 0 Å². The molecule has 3 fully saturated rings. The van der Waals surface area contributed by atoms with Crippen LogP contribution in [0.2, 0.25) is 0 Å². The molecule has 0 aromatic rings. The highest BCUT2D eigenvalue weighted by Gasteiger charge is 2.68. The summed E-state index contributed by atoms with van der Waals surface area (Å²) in [6.07, 6.45) is 11.3. The van der Waals surface area contributed by atoms with Gasteiger partial charge in [-0.1, -0.05) is 53.2 Å². The van der Waals surface area contributed by atoms with E-state index < -0.39 is 11.4 Å². The van der Waals surface area contributed by atoms with Crippen LogP contribution in [0.1, 0.15) is 106 Å². The molecule has 0 spiro atoms. The van der Waals surface area contributed by atoms with Gasteiger partial charge in [-0.3, -0.25) is 4.79 Å². The van der Waals surface area contributed by atoms with E-state index in [1.165, 1.54) is 29.6 Å². The average molecular weight is 455 g/mol. The zero-order valence-electron chi connectivity index (χ0n) is 22.1. The maximum absolute atomic E-state index is 12.8. The molecule has 1 unspecified atom stereocenters. The van der Waals surface area contributed by atoms with Crippen LogP contribution in [0.15, 0.2) is 22.8 Å². The molecule has 33 heavy (non-hydrogen) atoms. The second-order valence-electron chi connectivity index (χ2n) is 14.0. The highest BCUT2D eigenvalue weighted by molar-refractivity contribution is 5.82. The van der Waals surface area contributed by atoms with E-state index in [2.05, 4.69) is 54.5 Å². The third kappa shape index (κ3) is 2.69. The molecule has 0 bridgehead atoms. The molecular formula is C30H46O3. The number of hydrogen-bond donors (Lipinski definition) is 2. The number of allylic oxidation sites excluding steroid dienone is 3. The van der Waals surface area contributed by atoms with Crippen LogP contribution in [0.25, 0.3) is 0 Å². The number of aliphatic hydroxyl groups is 1. The van der Waals surface area contributed by atoms with Gasteiger partial charge in [0, 0.05) is 0 Å². The lowest BCUT2D eigenvalue weighted by Crippen LogP contribution is -2.64. The van der Waals surface area contributed by atoms with Crippen molar-refractivity contribution in [2.75, 3.05) is 0 Å². The summed E-state index contributed by atoms with van der Waals surface area (Å²) in [6, 6.07) is 0. The molecule has 3 heteroatoms. The average Bonchev–Trinajstić information content (AvgIpc) is 2.74. The number of carbonyl (C=O) groups is 1. The predicted octanol–water partition coefficient (Wildman–Crippen LogP) is 7.15. The highest BCUT2D eigenvalue weighted by atomic mass is 16.4. The van der Waals surface area contributed by atoms with Crippen molar-refractivity contribution < 1.29 is 15.0 Å². The van der Waals surface area contributed by atoms with Crippen molar-refractivity contribution in [2.45, 2.75) is 112 Å². The fourth-order valence-corrected chi connectivity index (χ4v) is 10.2. The van der Waals surface area contributed by atoms with Crippen molar-refractivity contribution in [3.8, 4) is 0 Å². The van der Waals surface area contributed by atoms with Crippen LogP contribution in [0.3, 0.4) is 0 Å². The van der Waals surface area contributed by atoms with E-state index >= 15 is 0 Å². The molecule has 2 N–H and O–H groups in total. The number of carboxylic acid groups (broad SMARTS) is 1. The van der Waals surface area contributed by atoms with Gasteiger partial charge in [0.25, 0.3) is 0 Å². The Kier molecular flexibility index (Phi) is 5.01. The first-order valence-electron chi connectivity index (χ1n) is 13.6. The van der Waals surface area contributed by atoms with Crippen LogP contribution in [-0.4, -0.2) is 22.3 Å². The number of carboxylic acids is 1. The van der Waals surface area contributed by atoms with Crippen molar-refractivity contribution in [2.24, 2.45) is 44.8 Å². The molecule has 3 nitrogen and oxygen atoms in total. The van der Waals surface area contributed by atoms with E-state index in [1.807, 2.05) is 0 Å². The first kappa shape index (κ1) is 23.6. The minimum absolute atomic E-state index is 0.0245. The van der Waals surface area contributed by atoms with Gasteiger partial charge >= 0.3 is 5.97 Å². The summed E-state index contributed by atoms with van der Waals surface area (Å²) in [5.41, 5.74) is 3.65. The van der Waals surface area contributed by atoms with E-state index in [0.717, 1.165) is 44.9 Å². The van der Waals surface area contributed by atoms with Crippen LogP contribution in [0, 0.1) is 44.8 Å². The molecule has 184 valence electrons. The van der Waals surface area contributed by atoms with Gasteiger partial charge in [0.2, 0.25) is 0 Å². The SMILES string of the molecule is CC1=C2C3=CC[C@@H]4[C@@]5(C)CC[C@H](O)C(C)(C)C5CC[C@@]4(C)[C@]3(C)CC[C@@]2(C(=O)O)CC[C@H]1C. The van der Waals surface area contributed by atoms with E-state index in [1.54, 1.807) is 0 Å². The number of hydrogen-bond acceptors (Lipinski definition) is 2. The molecule has 5 aliphatic carbocycles. The fourth-order valence-electron chi connectivity index (χ4n) is 10.2. The van der Waals surface area contributed by atoms with Gasteiger partial charge in [-0.05, 0) is 115 Å². The Morgan fingerprint density at radius 1 is 0.939 bits per heavy atom. The van der Waals surface area contributed by atoms with Gasteiger partial charge in [-0.25, -0.2) is 0 Å². The molecule has 0 saturated heterocycles. The molecule has 5 rings (SSSR count). The predicted molar refractivity (Wildman–Crippen MR) is 133 cm³/mol. The van der Waals surface area contributed by atoms with Gasteiger partial charge in [0.1, 0.15) is 0 Å². The van der Waals surface area contributed by atoms with Crippen LogP contribution in [0.5, 0.6) is 0 Å². The summed E-state index contributed by atoms with van der Waals surface area (Å²) in [4.78, 5) is 12.8. The van der Waals surface area contributed by atoms with Gasteiger partial charge < -0.3 is 10.2 Å². The smallest absolute Gasteiger partial charge is 0.314 e. The summed E-state index contributed by atoms with van der Waals surface area (Å²) in [7, 11) is 0. The number of rotatable bonds is 1. The van der Waals surface area contributed by atoms with Gasteiger partial charge in [0.15, 0.2) is 0 Å². The summed E-state index contributed by atoms with van der Waals surface area (Å²) in [6.45, 7) is 16.7. The standard InChI is InChI=1S/C30H46O3/c1-18-10-15-30(25(32)33)17-16-28(6)20(24(30)19(18)2)8-9-22-27(5)13-12-23(31)26(3,4)21(27)11-14-29(22,28)7/h8,18,21-23,31H,9-17H2,1-7H3,(H,32,33)/t18-,21?,22-,23+,27+,28-,29-,30+/m1/s1. The zero-order valence-corrected chi connectivity index (χ0v) is 22.1. The van der Waals surface area contributed by atoms with Crippen LogP contribution < -0.4 is 0 Å². The Hall–Kier alpha value is -1.09. The quantitative estimate of drug-likeness (QED) is 0.442. The maximum Gasteiger partial charge on any atom is 0.314 e. The van der Waals surface area contributed by atoms with Gasteiger partial charge in [-0.15, -0.1) is 0 Å². The molecule has 0 amide bonds. The first-order valence-corrected chi connectivity index (χ1v) is 13.6. The second-order valence-corrected chi connectivity index (χ2v) is 14.0. The van der Waals surface area contributed by atoms with Gasteiger partial charge in [0.05, 0.1) is 11.5 Å². The minimum atomic E-state index is -0.677. The summed E-state index contributed by atoms with van der Waals surface area (Å²) in [5, 5.41) is 21.4. The lowest BCUT2D eigenvalue weighted by molar-refractivity contribution is -0.197. The first-order chi connectivity index (χ1) is 15.3. The molecule has 0 aliphatic heterocycles. The maximum atomic E-state index is 12.8. The van der Waals surface area contributed by atoms with Crippen LogP contribution in [-0.2, 0) is 4.79 Å². The van der Waals surface area contributed by atoms with E-state index in [0.29, 0.717) is 17.8 Å². The molecule has 8 atom stereocenters. The summed E-state index contributed by atoms with van der Waals surface area (Å²) < 4.78 is 0. The Balaban J connectivity index is 1.65. The van der Waals surface area contributed by atoms with Crippen molar-refractivity contribution in [3.05, 3.63) is 22.8 Å². The Morgan fingerprint density at radius 3 is 2.30 bits per heavy atom. The molecule has 5 aliphatic rings. The zero-order chi connectivity index (χ0) is 24.2. The molecule has 0 radical (unpaired) electrons. The Labute approximate surface area is 201 Å². The normalized spacial score (nSPS) is 51.0. The van der Waals surface area contributed by atoms with E-state index in [9.17, 15) is 15.0 Å².